The number of non-ortho nitro benzene ring substituents is 1. The lowest BCUT2D eigenvalue weighted by Gasteiger charge is -2.08. The summed E-state index contributed by atoms with van der Waals surface area (Å²) >= 11 is 1.49. The maximum absolute atomic E-state index is 11.9. The van der Waals surface area contributed by atoms with E-state index in [0.29, 0.717) is 11.3 Å². The highest BCUT2D eigenvalue weighted by molar-refractivity contribution is 7.98. The molecule has 2 aromatic carbocycles. The average molecular weight is 372 g/mol. The van der Waals surface area contributed by atoms with Crippen molar-refractivity contribution in [3.05, 3.63) is 70.3 Å². The standard InChI is InChI=1S/C18H16N2O5S/c1-26-16-5-3-2-4-15(16)19-17(21)12-25-18(22)11-8-13-6-9-14(10-7-13)20(23)24/h2-11H,12H2,1H3,(H,19,21)/b11-8+. The Bertz CT molecular complexity index is 834. The third-order valence-electron chi connectivity index (χ3n) is 3.24. The zero-order valence-electron chi connectivity index (χ0n) is 13.9. The first-order chi connectivity index (χ1) is 12.5. The second-order valence-corrected chi connectivity index (χ2v) is 5.89. The van der Waals surface area contributed by atoms with Gasteiger partial charge in [0.2, 0.25) is 0 Å². The van der Waals surface area contributed by atoms with Gasteiger partial charge in [-0.1, -0.05) is 12.1 Å². The minimum absolute atomic E-state index is 0.0353. The van der Waals surface area contributed by atoms with Crippen molar-refractivity contribution in [1.29, 1.82) is 0 Å². The first kappa shape index (κ1) is 19.2. The van der Waals surface area contributed by atoms with Crippen molar-refractivity contribution in [2.75, 3.05) is 18.2 Å². The van der Waals surface area contributed by atoms with Gasteiger partial charge in [0.15, 0.2) is 6.61 Å². The molecule has 0 saturated heterocycles. The molecule has 2 rings (SSSR count). The lowest BCUT2D eigenvalue weighted by molar-refractivity contribution is -0.384. The number of rotatable bonds is 7. The van der Waals surface area contributed by atoms with Gasteiger partial charge < -0.3 is 10.1 Å². The third-order valence-corrected chi connectivity index (χ3v) is 4.04. The number of hydrogen-bond donors (Lipinski definition) is 1. The Morgan fingerprint density at radius 3 is 2.54 bits per heavy atom. The minimum atomic E-state index is -0.684. The fourth-order valence-electron chi connectivity index (χ4n) is 1.99. The van der Waals surface area contributed by atoms with E-state index in [1.165, 1.54) is 42.1 Å². The van der Waals surface area contributed by atoms with Crippen molar-refractivity contribution in [2.45, 2.75) is 4.90 Å². The number of amides is 1. The van der Waals surface area contributed by atoms with Crippen LogP contribution in [0.2, 0.25) is 0 Å². The summed E-state index contributed by atoms with van der Waals surface area (Å²) in [5.74, 6) is -1.12. The molecule has 8 heteroatoms. The quantitative estimate of drug-likeness (QED) is 0.263. The largest absolute Gasteiger partial charge is 0.452 e. The van der Waals surface area contributed by atoms with Crippen molar-refractivity contribution in [3.63, 3.8) is 0 Å². The number of carbonyl (C=O) groups is 2. The number of hydrogen-bond acceptors (Lipinski definition) is 6. The van der Waals surface area contributed by atoms with E-state index in [1.54, 1.807) is 12.1 Å². The van der Waals surface area contributed by atoms with Crippen LogP contribution < -0.4 is 5.32 Å². The third kappa shape index (κ3) is 5.75. The van der Waals surface area contributed by atoms with Crippen LogP contribution in [0.4, 0.5) is 11.4 Å². The number of nitro benzene ring substituents is 1. The topological polar surface area (TPSA) is 98.5 Å². The molecule has 0 saturated carbocycles. The van der Waals surface area contributed by atoms with E-state index < -0.39 is 23.4 Å². The van der Waals surface area contributed by atoms with Crippen molar-refractivity contribution >= 4 is 41.1 Å². The number of nitrogens with one attached hydrogen (secondary N) is 1. The number of carbonyl (C=O) groups excluding carboxylic acids is 2. The molecule has 2 aromatic rings. The predicted molar refractivity (Wildman–Crippen MR) is 99.9 cm³/mol. The Hall–Kier alpha value is -3.13. The molecular formula is C18H16N2O5S. The molecule has 1 N–H and O–H groups in total. The lowest BCUT2D eigenvalue weighted by atomic mass is 10.2. The van der Waals surface area contributed by atoms with Crippen LogP contribution in [0, 0.1) is 10.1 Å². The van der Waals surface area contributed by atoms with E-state index >= 15 is 0 Å². The second kappa shape index (κ2) is 9.38. The molecule has 0 heterocycles. The summed E-state index contributed by atoms with van der Waals surface area (Å²) in [6.45, 7) is -0.411. The molecular weight excluding hydrogens is 356 g/mol. The molecule has 0 aliphatic heterocycles. The van der Waals surface area contributed by atoms with Gasteiger partial charge in [-0.3, -0.25) is 14.9 Å². The number of anilines is 1. The molecule has 1 amide bonds. The summed E-state index contributed by atoms with van der Waals surface area (Å²) in [5, 5.41) is 13.3. The van der Waals surface area contributed by atoms with Gasteiger partial charge in [0, 0.05) is 23.1 Å². The molecule has 0 aliphatic rings. The normalized spacial score (nSPS) is 10.5. The summed E-state index contributed by atoms with van der Waals surface area (Å²) in [5.41, 5.74) is 1.22. The molecule has 0 spiro atoms. The highest BCUT2D eigenvalue weighted by atomic mass is 32.2. The summed E-state index contributed by atoms with van der Waals surface area (Å²) in [6.07, 6.45) is 4.51. The molecule has 0 bridgehead atoms. The Morgan fingerprint density at radius 2 is 1.88 bits per heavy atom. The first-order valence-electron chi connectivity index (χ1n) is 7.52. The molecule has 0 atom stereocenters. The van der Waals surface area contributed by atoms with Gasteiger partial charge in [-0.25, -0.2) is 4.79 Å². The average Bonchev–Trinajstić information content (AvgIpc) is 2.65. The molecule has 0 fully saturated rings. The number of ether oxygens (including phenoxy) is 1. The Labute approximate surface area is 154 Å². The van der Waals surface area contributed by atoms with Crippen LogP contribution in [0.15, 0.2) is 59.5 Å². The fraction of sp³-hybridized carbons (Fsp3) is 0.111. The molecule has 0 aromatic heterocycles. The van der Waals surface area contributed by atoms with Crippen LogP contribution in [-0.2, 0) is 14.3 Å². The Kier molecular flexibility index (Phi) is 6.92. The van der Waals surface area contributed by atoms with Crippen molar-refractivity contribution in [3.8, 4) is 0 Å². The van der Waals surface area contributed by atoms with Crippen molar-refractivity contribution in [2.24, 2.45) is 0 Å². The van der Waals surface area contributed by atoms with Crippen molar-refractivity contribution < 1.29 is 19.2 Å². The second-order valence-electron chi connectivity index (χ2n) is 5.04. The number of para-hydroxylation sites is 1. The van der Waals surface area contributed by atoms with Gasteiger partial charge in [-0.05, 0) is 42.2 Å². The fourth-order valence-corrected chi connectivity index (χ4v) is 2.54. The van der Waals surface area contributed by atoms with Gasteiger partial charge >= 0.3 is 5.97 Å². The van der Waals surface area contributed by atoms with E-state index in [2.05, 4.69) is 5.32 Å². The molecule has 134 valence electrons. The van der Waals surface area contributed by atoms with Crippen LogP contribution in [0.1, 0.15) is 5.56 Å². The molecule has 0 radical (unpaired) electrons. The van der Waals surface area contributed by atoms with Gasteiger partial charge in [0.05, 0.1) is 10.6 Å². The van der Waals surface area contributed by atoms with Crippen molar-refractivity contribution in [1.82, 2.24) is 0 Å². The van der Waals surface area contributed by atoms with Gasteiger partial charge in [0.1, 0.15) is 0 Å². The van der Waals surface area contributed by atoms with E-state index in [1.807, 2.05) is 18.4 Å². The van der Waals surface area contributed by atoms with E-state index in [4.69, 9.17) is 4.74 Å². The van der Waals surface area contributed by atoms with E-state index in [9.17, 15) is 19.7 Å². The maximum atomic E-state index is 11.9. The Morgan fingerprint density at radius 1 is 1.19 bits per heavy atom. The van der Waals surface area contributed by atoms with Crippen LogP contribution in [-0.4, -0.2) is 29.7 Å². The Balaban J connectivity index is 1.84. The SMILES string of the molecule is CSc1ccccc1NC(=O)COC(=O)/C=C/c1ccc([N+](=O)[O-])cc1. The highest BCUT2D eigenvalue weighted by Crippen LogP contribution is 2.24. The predicted octanol–water partition coefficient (Wildman–Crippen LogP) is 3.51. The summed E-state index contributed by atoms with van der Waals surface area (Å²) in [7, 11) is 0. The van der Waals surface area contributed by atoms with E-state index in [0.717, 1.165) is 11.0 Å². The number of thioether (sulfide) groups is 1. The summed E-state index contributed by atoms with van der Waals surface area (Å²) in [4.78, 5) is 34.5. The smallest absolute Gasteiger partial charge is 0.331 e. The van der Waals surface area contributed by atoms with Crippen LogP contribution in [0.3, 0.4) is 0 Å². The van der Waals surface area contributed by atoms with Crippen LogP contribution in [0.25, 0.3) is 6.08 Å². The first-order valence-corrected chi connectivity index (χ1v) is 8.74. The number of nitrogens with zero attached hydrogens (tertiary/aromatic N) is 1. The minimum Gasteiger partial charge on any atom is -0.452 e. The van der Waals surface area contributed by atoms with Crippen LogP contribution in [0.5, 0.6) is 0 Å². The maximum Gasteiger partial charge on any atom is 0.331 e. The zero-order valence-corrected chi connectivity index (χ0v) is 14.7. The molecule has 0 unspecified atom stereocenters. The number of nitro groups is 1. The molecule has 7 nitrogen and oxygen atoms in total. The van der Waals surface area contributed by atoms with E-state index in [-0.39, 0.29) is 5.69 Å². The highest BCUT2D eigenvalue weighted by Gasteiger charge is 2.08. The monoisotopic (exact) mass is 372 g/mol. The van der Waals surface area contributed by atoms with Gasteiger partial charge in [0.25, 0.3) is 11.6 Å². The lowest BCUT2D eigenvalue weighted by Crippen LogP contribution is -2.20. The zero-order chi connectivity index (χ0) is 18.9. The van der Waals surface area contributed by atoms with Crippen LogP contribution >= 0.6 is 11.8 Å². The molecule has 26 heavy (non-hydrogen) atoms. The van der Waals surface area contributed by atoms with Gasteiger partial charge in [-0.15, -0.1) is 11.8 Å². The number of benzene rings is 2. The number of esters is 1. The summed E-state index contributed by atoms with van der Waals surface area (Å²) in [6, 6.07) is 13.0. The molecule has 0 aliphatic carbocycles. The summed E-state index contributed by atoms with van der Waals surface area (Å²) < 4.78 is 4.88. The van der Waals surface area contributed by atoms with Gasteiger partial charge in [-0.2, -0.15) is 0 Å².